The molecule has 0 amide bonds. The number of benzene rings is 1. The number of phenolic OH excluding ortho intramolecular Hbond substituents is 1. The second-order valence-electron chi connectivity index (χ2n) is 2.12. The summed E-state index contributed by atoms with van der Waals surface area (Å²) < 4.78 is 0.321. The molecule has 0 unspecified atom stereocenters. The maximum absolute atomic E-state index is 10.9. The van der Waals surface area contributed by atoms with Gasteiger partial charge in [0.1, 0.15) is 0 Å². The summed E-state index contributed by atoms with van der Waals surface area (Å²) in [5.41, 5.74) is 0.207. The Morgan fingerprint density at radius 3 is 2.54 bits per heavy atom. The third-order valence-corrected chi connectivity index (χ3v) is 3.87. The van der Waals surface area contributed by atoms with Crippen molar-refractivity contribution >= 4 is 57.0 Å². The van der Waals surface area contributed by atoms with E-state index in [1.54, 1.807) is 0 Å². The van der Waals surface area contributed by atoms with Crippen LogP contribution in [0.1, 0.15) is 10.4 Å². The molecule has 1 N–H and O–H groups in total. The number of aromatic hydroxyl groups is 1. The van der Waals surface area contributed by atoms with E-state index in [-0.39, 0.29) is 16.3 Å². The van der Waals surface area contributed by atoms with Gasteiger partial charge in [-0.2, -0.15) is 0 Å². The van der Waals surface area contributed by atoms with E-state index in [1.165, 1.54) is 12.1 Å². The van der Waals surface area contributed by atoms with Crippen LogP contribution in [0.25, 0.3) is 0 Å². The molecule has 0 aromatic heterocycles. The molecule has 0 aliphatic carbocycles. The van der Waals surface area contributed by atoms with Crippen LogP contribution in [0.2, 0.25) is 5.02 Å². The first kappa shape index (κ1) is 11.2. The minimum atomic E-state index is -0.649. The van der Waals surface area contributed by atoms with Crippen LogP contribution >= 0.6 is 33.3 Å². The number of halogens is 3. The van der Waals surface area contributed by atoms with Crippen LogP contribution in [0.15, 0.2) is 12.1 Å². The Morgan fingerprint density at radius 2 is 2.08 bits per heavy atom. The Morgan fingerprint density at radius 1 is 1.46 bits per heavy atom. The van der Waals surface area contributed by atoms with Crippen molar-refractivity contribution in [2.45, 2.75) is 0 Å². The third-order valence-electron chi connectivity index (χ3n) is 1.37. The van der Waals surface area contributed by atoms with E-state index < -0.39 is 19.3 Å². The summed E-state index contributed by atoms with van der Waals surface area (Å²) in [6.45, 7) is 0. The molecule has 6 heteroatoms. The Balaban J connectivity index is 3.38. The van der Waals surface area contributed by atoms with Crippen LogP contribution in [0, 0.1) is 0 Å². The van der Waals surface area contributed by atoms with Crippen molar-refractivity contribution in [3.05, 3.63) is 22.7 Å². The van der Waals surface area contributed by atoms with Gasteiger partial charge < -0.3 is 0 Å². The van der Waals surface area contributed by atoms with Crippen molar-refractivity contribution in [2.24, 2.45) is 0 Å². The Bertz CT molecular complexity index is 354. The fourth-order valence-corrected chi connectivity index (χ4v) is 3.06. The van der Waals surface area contributed by atoms with Gasteiger partial charge in [-0.1, -0.05) is 0 Å². The Hall–Kier alpha value is 0.0795. The summed E-state index contributed by atoms with van der Waals surface area (Å²) in [5, 5.41) is 8.93. The summed E-state index contributed by atoms with van der Waals surface area (Å²) in [4.78, 5) is 10.9. The topological polar surface area (TPSA) is 37.3 Å². The molecule has 0 fully saturated rings. The van der Waals surface area contributed by atoms with Gasteiger partial charge in [0.25, 0.3) is 0 Å². The molecule has 0 heterocycles. The quantitative estimate of drug-likeness (QED) is 0.669. The molecular formula is C7H3Cl3O2Se. The van der Waals surface area contributed by atoms with Crippen molar-refractivity contribution in [3.8, 4) is 5.75 Å². The normalized spacial score (nSPS) is 10.1. The van der Waals surface area contributed by atoms with E-state index in [0.717, 1.165) is 0 Å². The first-order chi connectivity index (χ1) is 6.07. The SMILES string of the molecule is O=C(Cl)c1ccc(Cl)c(O)c1[Se]Cl. The molecule has 0 saturated carbocycles. The average molecular weight is 304 g/mol. The van der Waals surface area contributed by atoms with Crippen LogP contribution in [0.3, 0.4) is 0 Å². The first-order valence-corrected chi connectivity index (χ1v) is 6.94. The maximum atomic E-state index is 10.9. The predicted octanol–water partition coefficient (Wildman–Crippen LogP) is 1.91. The monoisotopic (exact) mass is 304 g/mol. The van der Waals surface area contributed by atoms with Gasteiger partial charge in [-0.15, -0.1) is 0 Å². The van der Waals surface area contributed by atoms with Crippen molar-refractivity contribution in [1.29, 1.82) is 0 Å². The van der Waals surface area contributed by atoms with Crippen LogP contribution in [0.5, 0.6) is 5.75 Å². The van der Waals surface area contributed by atoms with Gasteiger partial charge in [0, 0.05) is 0 Å². The molecule has 70 valence electrons. The zero-order valence-corrected chi connectivity index (χ0v) is 10.0. The number of rotatable bonds is 2. The molecule has 0 spiro atoms. The summed E-state index contributed by atoms with van der Waals surface area (Å²) >= 11 is 10.3. The van der Waals surface area contributed by atoms with E-state index in [9.17, 15) is 9.90 Å². The zero-order valence-electron chi connectivity index (χ0n) is 6.05. The Labute approximate surface area is 95.2 Å². The van der Waals surface area contributed by atoms with Crippen LogP contribution in [0.4, 0.5) is 0 Å². The van der Waals surface area contributed by atoms with E-state index >= 15 is 0 Å². The molecule has 13 heavy (non-hydrogen) atoms. The summed E-state index contributed by atoms with van der Waals surface area (Å²) in [6.07, 6.45) is 0. The second kappa shape index (κ2) is 4.54. The molecule has 1 aromatic carbocycles. The zero-order chi connectivity index (χ0) is 10.0. The van der Waals surface area contributed by atoms with Gasteiger partial charge in [0.15, 0.2) is 0 Å². The van der Waals surface area contributed by atoms with E-state index in [0.29, 0.717) is 4.46 Å². The number of hydrogen-bond donors (Lipinski definition) is 1. The molecule has 2 nitrogen and oxygen atoms in total. The van der Waals surface area contributed by atoms with Crippen LogP contribution < -0.4 is 4.46 Å². The molecule has 0 aliphatic heterocycles. The van der Waals surface area contributed by atoms with Crippen molar-refractivity contribution in [3.63, 3.8) is 0 Å². The molecule has 0 bridgehead atoms. The van der Waals surface area contributed by atoms with Crippen LogP contribution in [-0.4, -0.2) is 24.4 Å². The van der Waals surface area contributed by atoms with Crippen molar-refractivity contribution < 1.29 is 9.90 Å². The Kier molecular flexibility index (Phi) is 3.89. The number of carbonyl (C=O) groups is 1. The van der Waals surface area contributed by atoms with Crippen molar-refractivity contribution in [2.75, 3.05) is 0 Å². The molecular weight excluding hydrogens is 301 g/mol. The molecule has 1 aromatic rings. The average Bonchev–Trinajstić information content (AvgIpc) is 2.09. The molecule has 0 atom stereocenters. The van der Waals surface area contributed by atoms with E-state index in [4.69, 9.17) is 33.3 Å². The van der Waals surface area contributed by atoms with Gasteiger partial charge in [-0.3, -0.25) is 0 Å². The summed E-state index contributed by atoms with van der Waals surface area (Å²) in [5.74, 6) is -0.164. The van der Waals surface area contributed by atoms with E-state index in [2.05, 4.69) is 0 Å². The number of phenols is 1. The number of hydrogen-bond acceptors (Lipinski definition) is 2. The van der Waals surface area contributed by atoms with Gasteiger partial charge in [0.2, 0.25) is 0 Å². The molecule has 1 rings (SSSR count). The van der Waals surface area contributed by atoms with Gasteiger partial charge >= 0.3 is 95.4 Å². The van der Waals surface area contributed by atoms with Gasteiger partial charge in [-0.25, -0.2) is 0 Å². The van der Waals surface area contributed by atoms with Crippen molar-refractivity contribution in [1.82, 2.24) is 0 Å². The molecule has 0 radical (unpaired) electrons. The minimum absolute atomic E-state index is 0.164. The summed E-state index contributed by atoms with van der Waals surface area (Å²) in [7, 11) is 5.59. The second-order valence-corrected chi connectivity index (χ2v) is 4.86. The standard InChI is InChI=1S/C7H3Cl3O2Se/c8-4-2-1-3(7(9)12)6(13-10)5(4)11/h1-2,11H. The van der Waals surface area contributed by atoms with Gasteiger partial charge in [0.05, 0.1) is 0 Å². The van der Waals surface area contributed by atoms with Gasteiger partial charge in [-0.05, 0) is 0 Å². The molecule has 0 saturated heterocycles. The van der Waals surface area contributed by atoms with Crippen LogP contribution in [-0.2, 0) is 0 Å². The first-order valence-electron chi connectivity index (χ1n) is 3.07. The third kappa shape index (κ3) is 2.30. The number of carbonyl (C=O) groups excluding carboxylic acids is 1. The molecule has 0 aliphatic rings. The summed E-state index contributed by atoms with van der Waals surface area (Å²) in [6, 6.07) is 2.84. The van der Waals surface area contributed by atoms with E-state index in [1.807, 2.05) is 0 Å². The fourth-order valence-electron chi connectivity index (χ4n) is 0.780. The fraction of sp³-hybridized carbons (Fsp3) is 0. The predicted molar refractivity (Wildman–Crippen MR) is 54.5 cm³/mol.